The van der Waals surface area contributed by atoms with Crippen molar-refractivity contribution in [3.8, 4) is 0 Å². The Bertz CT molecular complexity index is 1280. The second-order valence-electron chi connectivity index (χ2n) is 8.30. The lowest BCUT2D eigenvalue weighted by molar-refractivity contribution is -0.384. The van der Waals surface area contributed by atoms with E-state index in [1.807, 2.05) is 0 Å². The Balaban J connectivity index is 1.71. The van der Waals surface area contributed by atoms with Gasteiger partial charge in [-0.3, -0.25) is 29.6 Å². The summed E-state index contributed by atoms with van der Waals surface area (Å²) >= 11 is 0. The molecule has 1 amide bonds. The van der Waals surface area contributed by atoms with Gasteiger partial charge in [0.25, 0.3) is 5.69 Å². The number of ketones is 1. The van der Waals surface area contributed by atoms with Gasteiger partial charge in [-0.1, -0.05) is 18.2 Å². The van der Waals surface area contributed by atoms with E-state index in [0.29, 0.717) is 23.4 Å². The zero-order valence-corrected chi connectivity index (χ0v) is 17.6. The largest absolute Gasteiger partial charge is 0.324 e. The Kier molecular flexibility index (Phi) is 4.79. The number of halogens is 1. The fraction of sp³-hybridized carbons (Fsp3) is 0.208. The van der Waals surface area contributed by atoms with Crippen molar-refractivity contribution < 1.29 is 18.9 Å². The molecule has 8 nitrogen and oxygen atoms in total. The predicted molar refractivity (Wildman–Crippen MR) is 117 cm³/mol. The van der Waals surface area contributed by atoms with Crippen molar-refractivity contribution in [1.29, 1.82) is 0 Å². The molecular weight excluding hydrogens is 427 g/mol. The number of non-ortho nitro benzene ring substituents is 1. The maximum absolute atomic E-state index is 14.3. The van der Waals surface area contributed by atoms with Gasteiger partial charge in [0.2, 0.25) is 5.91 Å². The molecule has 2 aromatic carbocycles. The highest BCUT2D eigenvalue weighted by Crippen LogP contribution is 2.55. The number of benzene rings is 2. The molecule has 0 bridgehead atoms. The Hall–Kier alpha value is -3.98. The van der Waals surface area contributed by atoms with E-state index < -0.39 is 34.0 Å². The van der Waals surface area contributed by atoms with Crippen LogP contribution in [0.4, 0.5) is 15.8 Å². The van der Waals surface area contributed by atoms with Crippen LogP contribution in [0.3, 0.4) is 0 Å². The number of fused-ring (bicyclic) bond motifs is 2. The van der Waals surface area contributed by atoms with Crippen LogP contribution >= 0.6 is 0 Å². The average molecular weight is 446 g/mol. The molecule has 1 saturated heterocycles. The van der Waals surface area contributed by atoms with E-state index in [0.717, 1.165) is 0 Å². The lowest BCUT2D eigenvalue weighted by Gasteiger charge is -2.35. The SMILES string of the molecule is CN1C[C@H](c2ccc([N+](=O)[O-])cc2)[C@H](C(=O)c2ccccn2)[C@]12C(=O)Nc1ccc(F)cc12. The van der Waals surface area contributed by atoms with E-state index in [9.17, 15) is 24.1 Å². The quantitative estimate of drug-likeness (QED) is 0.374. The summed E-state index contributed by atoms with van der Waals surface area (Å²) in [4.78, 5) is 44.0. The van der Waals surface area contributed by atoms with Gasteiger partial charge in [0.05, 0.1) is 10.8 Å². The second kappa shape index (κ2) is 7.56. The Morgan fingerprint density at radius 1 is 1.21 bits per heavy atom. The molecule has 33 heavy (non-hydrogen) atoms. The van der Waals surface area contributed by atoms with E-state index in [2.05, 4.69) is 10.3 Å². The number of aromatic nitrogens is 1. The van der Waals surface area contributed by atoms with Crippen molar-refractivity contribution in [2.75, 3.05) is 18.9 Å². The first kappa shape index (κ1) is 20.9. The zero-order chi connectivity index (χ0) is 23.3. The summed E-state index contributed by atoms with van der Waals surface area (Å²) in [7, 11) is 1.73. The summed E-state index contributed by atoms with van der Waals surface area (Å²) in [5.74, 6) is -2.69. The summed E-state index contributed by atoms with van der Waals surface area (Å²) in [6.07, 6.45) is 1.50. The average Bonchev–Trinajstić information content (AvgIpc) is 3.29. The van der Waals surface area contributed by atoms with Gasteiger partial charge in [-0.05, 0) is 42.9 Å². The number of Topliss-reactive ketones (excluding diaryl/α,β-unsaturated/α-hetero) is 1. The number of nitro benzene ring substituents is 1. The Labute approximate surface area is 188 Å². The lowest BCUT2D eigenvalue weighted by atomic mass is 9.71. The lowest BCUT2D eigenvalue weighted by Crippen LogP contribution is -2.51. The summed E-state index contributed by atoms with van der Waals surface area (Å²) < 4.78 is 14.3. The summed E-state index contributed by atoms with van der Waals surface area (Å²) in [5, 5.41) is 13.9. The van der Waals surface area contributed by atoms with Crippen LogP contribution in [0.25, 0.3) is 0 Å². The smallest absolute Gasteiger partial charge is 0.269 e. The van der Waals surface area contributed by atoms with Crippen molar-refractivity contribution in [2.24, 2.45) is 5.92 Å². The number of amides is 1. The van der Waals surface area contributed by atoms with Gasteiger partial charge in [-0.25, -0.2) is 4.39 Å². The number of nitrogens with zero attached hydrogens (tertiary/aromatic N) is 3. The molecule has 1 N–H and O–H groups in total. The van der Waals surface area contributed by atoms with Gasteiger partial charge in [0.1, 0.15) is 17.1 Å². The highest BCUT2D eigenvalue weighted by atomic mass is 19.1. The highest BCUT2D eigenvalue weighted by molar-refractivity contribution is 6.11. The fourth-order valence-electron chi connectivity index (χ4n) is 5.22. The van der Waals surface area contributed by atoms with Crippen molar-refractivity contribution in [1.82, 2.24) is 9.88 Å². The molecule has 9 heteroatoms. The maximum Gasteiger partial charge on any atom is 0.269 e. The molecule has 0 radical (unpaired) electrons. The fourth-order valence-corrected chi connectivity index (χ4v) is 5.22. The van der Waals surface area contributed by atoms with Crippen LogP contribution in [0.15, 0.2) is 66.9 Å². The van der Waals surface area contributed by atoms with Crippen molar-refractivity contribution in [3.05, 3.63) is 99.6 Å². The number of anilines is 1. The Morgan fingerprint density at radius 2 is 1.97 bits per heavy atom. The summed E-state index contributed by atoms with van der Waals surface area (Å²) in [6, 6.07) is 15.0. The molecule has 0 unspecified atom stereocenters. The van der Waals surface area contributed by atoms with Crippen LogP contribution in [-0.4, -0.2) is 40.1 Å². The highest BCUT2D eigenvalue weighted by Gasteiger charge is 2.64. The van der Waals surface area contributed by atoms with E-state index in [1.54, 1.807) is 42.3 Å². The van der Waals surface area contributed by atoms with E-state index in [1.165, 1.54) is 36.5 Å². The third-order valence-corrected chi connectivity index (χ3v) is 6.64. The van der Waals surface area contributed by atoms with Gasteiger partial charge in [0.15, 0.2) is 5.78 Å². The normalized spacial score (nSPS) is 24.0. The van der Waals surface area contributed by atoms with Crippen molar-refractivity contribution in [3.63, 3.8) is 0 Å². The monoisotopic (exact) mass is 446 g/mol. The number of hydrogen-bond acceptors (Lipinski definition) is 6. The van der Waals surface area contributed by atoms with E-state index in [4.69, 9.17) is 0 Å². The number of nitro groups is 1. The standard InChI is InChI=1S/C24H19FN4O4/c1-28-13-17(14-5-8-16(9-6-14)29(32)33)21(22(30)20-4-2-3-11-26-20)24(28)18-12-15(25)7-10-19(18)27-23(24)31/h2-12,17,21H,13H2,1H3,(H,27,31)/t17-,21-,24-/m1/s1. The van der Waals surface area contributed by atoms with Crippen LogP contribution < -0.4 is 5.32 Å². The second-order valence-corrected chi connectivity index (χ2v) is 8.30. The van der Waals surface area contributed by atoms with Crippen molar-refractivity contribution >= 4 is 23.1 Å². The number of carbonyl (C=O) groups is 2. The zero-order valence-electron chi connectivity index (χ0n) is 17.6. The van der Waals surface area contributed by atoms with E-state index in [-0.39, 0.29) is 17.2 Å². The molecule has 2 aliphatic heterocycles. The Morgan fingerprint density at radius 3 is 2.64 bits per heavy atom. The predicted octanol–water partition coefficient (Wildman–Crippen LogP) is 3.50. The van der Waals surface area contributed by atoms with Gasteiger partial charge >= 0.3 is 0 Å². The minimum absolute atomic E-state index is 0.0709. The molecule has 3 heterocycles. The number of carbonyl (C=O) groups excluding carboxylic acids is 2. The number of likely N-dealkylation sites (tertiary alicyclic amines) is 1. The first-order valence-electron chi connectivity index (χ1n) is 10.4. The molecule has 0 aliphatic carbocycles. The number of hydrogen-bond donors (Lipinski definition) is 1. The molecule has 3 atom stereocenters. The molecule has 2 aliphatic rings. The van der Waals surface area contributed by atoms with Crippen LogP contribution in [-0.2, 0) is 10.3 Å². The van der Waals surface area contributed by atoms with Crippen LogP contribution in [0, 0.1) is 21.8 Å². The molecule has 1 aromatic heterocycles. The molecular formula is C24H19FN4O4. The van der Waals surface area contributed by atoms with Crippen LogP contribution in [0.1, 0.15) is 27.5 Å². The first-order chi connectivity index (χ1) is 15.8. The van der Waals surface area contributed by atoms with Crippen LogP contribution in [0.2, 0.25) is 0 Å². The number of nitrogens with one attached hydrogen (secondary N) is 1. The minimum atomic E-state index is -1.45. The number of pyridine rings is 1. The third-order valence-electron chi connectivity index (χ3n) is 6.64. The first-order valence-corrected chi connectivity index (χ1v) is 10.4. The molecule has 1 spiro atoms. The number of likely N-dealkylation sites (N-methyl/N-ethyl adjacent to an activating group) is 1. The molecule has 3 aromatic rings. The number of rotatable bonds is 4. The minimum Gasteiger partial charge on any atom is -0.324 e. The molecule has 166 valence electrons. The maximum atomic E-state index is 14.3. The summed E-state index contributed by atoms with van der Waals surface area (Å²) in [6.45, 7) is 0.310. The van der Waals surface area contributed by atoms with Crippen molar-refractivity contribution in [2.45, 2.75) is 11.5 Å². The molecule has 0 saturated carbocycles. The van der Waals surface area contributed by atoms with E-state index >= 15 is 0 Å². The summed E-state index contributed by atoms with van der Waals surface area (Å²) in [5.41, 5.74) is 0.208. The van der Waals surface area contributed by atoms with Gasteiger partial charge < -0.3 is 5.32 Å². The topological polar surface area (TPSA) is 105 Å². The third kappa shape index (κ3) is 3.04. The van der Waals surface area contributed by atoms with Gasteiger partial charge in [0, 0.05) is 42.0 Å². The van der Waals surface area contributed by atoms with Gasteiger partial charge in [-0.2, -0.15) is 0 Å². The molecule has 1 fully saturated rings. The molecule has 5 rings (SSSR count). The van der Waals surface area contributed by atoms with Gasteiger partial charge in [-0.15, -0.1) is 0 Å². The van der Waals surface area contributed by atoms with Crippen LogP contribution in [0.5, 0.6) is 0 Å².